The molecule has 1 saturated carbocycles. The summed E-state index contributed by atoms with van der Waals surface area (Å²) in [4.78, 5) is 0. The molecule has 3 heteroatoms. The maximum absolute atomic E-state index is 13.1. The van der Waals surface area contributed by atoms with Gasteiger partial charge in [-0.2, -0.15) is 0 Å². The van der Waals surface area contributed by atoms with E-state index in [0.717, 1.165) is 12.5 Å². The number of hydrogen-bond donors (Lipinski definition) is 1. The van der Waals surface area contributed by atoms with Gasteiger partial charge < -0.3 is 5.32 Å². The van der Waals surface area contributed by atoms with Gasteiger partial charge in [-0.25, -0.2) is 4.39 Å². The lowest BCUT2D eigenvalue weighted by molar-refractivity contribution is 0.300. The summed E-state index contributed by atoms with van der Waals surface area (Å²) in [6.07, 6.45) is 5.15. The fraction of sp³-hybridized carbons (Fsp3) is 0.571. The van der Waals surface area contributed by atoms with Gasteiger partial charge in [0.1, 0.15) is 5.82 Å². The summed E-state index contributed by atoms with van der Waals surface area (Å²) >= 11 is 6.01. The molecule has 0 saturated heterocycles. The van der Waals surface area contributed by atoms with Gasteiger partial charge in [-0.15, -0.1) is 0 Å². The van der Waals surface area contributed by atoms with Crippen molar-refractivity contribution in [2.75, 3.05) is 11.9 Å². The van der Waals surface area contributed by atoms with Crippen molar-refractivity contribution >= 4 is 17.3 Å². The first-order valence-corrected chi connectivity index (χ1v) is 6.72. The Morgan fingerprint density at radius 1 is 1.29 bits per heavy atom. The van der Waals surface area contributed by atoms with Gasteiger partial charge in [-0.05, 0) is 42.9 Å². The zero-order valence-corrected chi connectivity index (χ0v) is 10.9. The van der Waals surface area contributed by atoms with Crippen molar-refractivity contribution in [3.63, 3.8) is 0 Å². The summed E-state index contributed by atoms with van der Waals surface area (Å²) in [5, 5.41) is 3.86. The van der Waals surface area contributed by atoms with Crippen LogP contribution in [0.5, 0.6) is 0 Å². The Bertz CT molecular complexity index is 372. The maximum atomic E-state index is 13.1. The van der Waals surface area contributed by atoms with E-state index in [1.807, 2.05) is 0 Å². The highest BCUT2D eigenvalue weighted by molar-refractivity contribution is 6.33. The lowest BCUT2D eigenvalue weighted by Crippen LogP contribution is -2.20. The molecule has 2 rings (SSSR count). The quantitative estimate of drug-likeness (QED) is 0.824. The lowest BCUT2D eigenvalue weighted by atomic mass is 9.83. The van der Waals surface area contributed by atoms with Crippen molar-refractivity contribution in [3.8, 4) is 0 Å². The SMILES string of the molecule is CC1CCC(CNc2cc(F)ccc2Cl)CC1. The largest absolute Gasteiger partial charge is 0.383 e. The normalized spacial score (nSPS) is 24.6. The van der Waals surface area contributed by atoms with Gasteiger partial charge in [0.05, 0.1) is 10.7 Å². The van der Waals surface area contributed by atoms with Crippen molar-refractivity contribution in [1.29, 1.82) is 0 Å². The third kappa shape index (κ3) is 3.60. The smallest absolute Gasteiger partial charge is 0.125 e. The second-order valence-corrected chi connectivity index (χ2v) is 5.54. The standard InChI is InChI=1S/C14H19ClFN/c1-10-2-4-11(5-3-10)9-17-14-8-12(16)6-7-13(14)15/h6-8,10-11,17H,2-5,9H2,1H3. The molecule has 1 aliphatic carbocycles. The van der Waals surface area contributed by atoms with Gasteiger partial charge in [0.2, 0.25) is 0 Å². The number of rotatable bonds is 3. The third-order valence-corrected chi connectivity index (χ3v) is 3.97. The van der Waals surface area contributed by atoms with E-state index in [1.165, 1.54) is 37.8 Å². The number of nitrogens with one attached hydrogen (secondary N) is 1. The molecule has 0 unspecified atom stereocenters. The second kappa shape index (κ2) is 5.72. The molecule has 1 nitrogen and oxygen atoms in total. The summed E-state index contributed by atoms with van der Waals surface area (Å²) in [6.45, 7) is 3.21. The topological polar surface area (TPSA) is 12.0 Å². The minimum absolute atomic E-state index is 0.242. The molecular weight excluding hydrogens is 237 g/mol. The van der Waals surface area contributed by atoms with Crippen LogP contribution in [0, 0.1) is 17.7 Å². The van der Waals surface area contributed by atoms with E-state index in [4.69, 9.17) is 11.6 Å². The van der Waals surface area contributed by atoms with Crippen LogP contribution in [-0.2, 0) is 0 Å². The Morgan fingerprint density at radius 2 is 2.00 bits per heavy atom. The molecule has 17 heavy (non-hydrogen) atoms. The van der Waals surface area contributed by atoms with Crippen LogP contribution < -0.4 is 5.32 Å². The Kier molecular flexibility index (Phi) is 4.27. The zero-order valence-electron chi connectivity index (χ0n) is 10.2. The van der Waals surface area contributed by atoms with E-state index < -0.39 is 0 Å². The molecule has 1 aromatic rings. The minimum atomic E-state index is -0.242. The molecule has 0 aromatic heterocycles. The number of halogens is 2. The molecule has 0 aliphatic heterocycles. The average molecular weight is 256 g/mol. The van der Waals surface area contributed by atoms with Gasteiger partial charge in [-0.1, -0.05) is 31.4 Å². The van der Waals surface area contributed by atoms with E-state index in [2.05, 4.69) is 12.2 Å². The fourth-order valence-electron chi connectivity index (χ4n) is 2.42. The summed E-state index contributed by atoms with van der Waals surface area (Å²) in [5.74, 6) is 1.32. The van der Waals surface area contributed by atoms with Crippen molar-refractivity contribution in [2.24, 2.45) is 11.8 Å². The van der Waals surface area contributed by atoms with Crippen LogP contribution in [-0.4, -0.2) is 6.54 Å². The Hall–Kier alpha value is -0.760. The predicted octanol–water partition coefficient (Wildman–Crippen LogP) is 4.72. The summed E-state index contributed by atoms with van der Waals surface area (Å²) in [6, 6.07) is 4.45. The third-order valence-electron chi connectivity index (χ3n) is 3.65. The number of hydrogen-bond acceptors (Lipinski definition) is 1. The fourth-order valence-corrected chi connectivity index (χ4v) is 2.60. The molecular formula is C14H19ClFN. The van der Waals surface area contributed by atoms with Crippen molar-refractivity contribution in [3.05, 3.63) is 29.0 Å². The lowest BCUT2D eigenvalue weighted by Gasteiger charge is -2.26. The van der Waals surface area contributed by atoms with E-state index in [0.29, 0.717) is 16.6 Å². The molecule has 0 heterocycles. The van der Waals surface area contributed by atoms with Gasteiger partial charge in [0.25, 0.3) is 0 Å². The first-order valence-electron chi connectivity index (χ1n) is 6.34. The van der Waals surface area contributed by atoms with Crippen molar-refractivity contribution < 1.29 is 4.39 Å². The monoisotopic (exact) mass is 255 g/mol. The van der Waals surface area contributed by atoms with Gasteiger partial charge in [0.15, 0.2) is 0 Å². The van der Waals surface area contributed by atoms with Gasteiger partial charge in [0, 0.05) is 6.54 Å². The molecule has 0 radical (unpaired) electrons. The van der Waals surface area contributed by atoms with E-state index in [1.54, 1.807) is 6.07 Å². The summed E-state index contributed by atoms with van der Waals surface area (Å²) in [5.41, 5.74) is 0.713. The van der Waals surface area contributed by atoms with Crippen LogP contribution in [0.25, 0.3) is 0 Å². The average Bonchev–Trinajstić information content (AvgIpc) is 2.32. The van der Waals surface area contributed by atoms with Crippen LogP contribution in [0.4, 0.5) is 10.1 Å². The molecule has 1 N–H and O–H groups in total. The molecule has 1 aliphatic rings. The molecule has 0 amide bonds. The number of benzene rings is 1. The Morgan fingerprint density at radius 3 is 2.71 bits per heavy atom. The molecule has 0 bridgehead atoms. The van der Waals surface area contributed by atoms with Crippen LogP contribution in [0.15, 0.2) is 18.2 Å². The highest BCUT2D eigenvalue weighted by Crippen LogP contribution is 2.29. The van der Waals surface area contributed by atoms with Crippen molar-refractivity contribution in [2.45, 2.75) is 32.6 Å². The van der Waals surface area contributed by atoms with Crippen LogP contribution in [0.2, 0.25) is 5.02 Å². The van der Waals surface area contributed by atoms with E-state index in [9.17, 15) is 4.39 Å². The van der Waals surface area contributed by atoms with E-state index in [-0.39, 0.29) is 5.82 Å². The Balaban J connectivity index is 1.87. The number of anilines is 1. The van der Waals surface area contributed by atoms with E-state index >= 15 is 0 Å². The van der Waals surface area contributed by atoms with Crippen LogP contribution >= 0.6 is 11.6 Å². The highest BCUT2D eigenvalue weighted by Gasteiger charge is 2.18. The molecule has 0 spiro atoms. The minimum Gasteiger partial charge on any atom is -0.383 e. The first-order chi connectivity index (χ1) is 8.15. The summed E-state index contributed by atoms with van der Waals surface area (Å²) < 4.78 is 13.1. The maximum Gasteiger partial charge on any atom is 0.125 e. The molecule has 0 atom stereocenters. The molecule has 94 valence electrons. The second-order valence-electron chi connectivity index (χ2n) is 5.13. The molecule has 1 fully saturated rings. The van der Waals surface area contributed by atoms with Crippen molar-refractivity contribution in [1.82, 2.24) is 0 Å². The van der Waals surface area contributed by atoms with Gasteiger partial charge in [-0.3, -0.25) is 0 Å². The highest BCUT2D eigenvalue weighted by atomic mass is 35.5. The first kappa shape index (κ1) is 12.7. The molecule has 1 aromatic carbocycles. The summed E-state index contributed by atoms with van der Waals surface area (Å²) in [7, 11) is 0. The Labute approximate surface area is 107 Å². The zero-order chi connectivity index (χ0) is 12.3. The van der Waals surface area contributed by atoms with Crippen LogP contribution in [0.1, 0.15) is 32.6 Å². The predicted molar refractivity (Wildman–Crippen MR) is 71.0 cm³/mol. The van der Waals surface area contributed by atoms with Crippen LogP contribution in [0.3, 0.4) is 0 Å². The van der Waals surface area contributed by atoms with Gasteiger partial charge >= 0.3 is 0 Å².